The Morgan fingerprint density at radius 1 is 1.43 bits per heavy atom. The van der Waals surface area contributed by atoms with E-state index in [1.54, 1.807) is 4.57 Å². The molecule has 0 saturated heterocycles. The van der Waals surface area contributed by atoms with Gasteiger partial charge in [0.25, 0.3) is 11.5 Å². The van der Waals surface area contributed by atoms with E-state index >= 15 is 0 Å². The first kappa shape index (κ1) is 14.3. The summed E-state index contributed by atoms with van der Waals surface area (Å²) in [5.41, 5.74) is 0.961. The van der Waals surface area contributed by atoms with Crippen LogP contribution in [0.5, 0.6) is 5.75 Å². The van der Waals surface area contributed by atoms with E-state index < -0.39 is 5.91 Å². The Balaban J connectivity index is 1.43. The molecule has 0 spiro atoms. The van der Waals surface area contributed by atoms with Crippen LogP contribution in [-0.2, 0) is 13.0 Å². The number of nitrogens with one attached hydrogen (secondary N) is 1. The number of hydrogen-bond acceptors (Lipinski definition) is 5. The molecule has 0 radical (unpaired) electrons. The van der Waals surface area contributed by atoms with Gasteiger partial charge in [-0.2, -0.15) is 0 Å². The van der Waals surface area contributed by atoms with Crippen molar-refractivity contribution in [1.82, 2.24) is 14.9 Å². The number of ether oxygens (including phenoxy) is 1. The smallest absolute Gasteiger partial charge is 0.267 e. The maximum Gasteiger partial charge on any atom is 0.267 e. The molecule has 7 heteroatoms. The average Bonchev–Trinajstić information content (AvgIpc) is 3.19. The van der Waals surface area contributed by atoms with Gasteiger partial charge in [-0.3, -0.25) is 14.2 Å². The molecule has 118 valence electrons. The normalized spacial score (nSPS) is 18.2. The minimum atomic E-state index is -0.394. The number of carbonyl (C=O) groups is 1. The summed E-state index contributed by atoms with van der Waals surface area (Å²) in [5.74, 6) is 1.29. The van der Waals surface area contributed by atoms with E-state index in [4.69, 9.17) is 4.74 Å². The zero-order valence-electron chi connectivity index (χ0n) is 12.3. The third-order valence-electron chi connectivity index (χ3n) is 4.01. The third-order valence-corrected chi connectivity index (χ3v) is 4.98. The first-order valence-electron chi connectivity index (χ1n) is 7.48. The lowest BCUT2D eigenvalue weighted by molar-refractivity contribution is 0.0930. The van der Waals surface area contributed by atoms with Crippen molar-refractivity contribution in [2.24, 2.45) is 0 Å². The number of amides is 1. The average molecular weight is 329 g/mol. The topological polar surface area (TPSA) is 73.2 Å². The monoisotopic (exact) mass is 329 g/mol. The molecule has 1 amide bonds. The van der Waals surface area contributed by atoms with Crippen LogP contribution in [0.15, 0.2) is 40.4 Å². The molecule has 1 unspecified atom stereocenters. The van der Waals surface area contributed by atoms with Gasteiger partial charge in [-0.05, 0) is 11.6 Å². The Kier molecular flexibility index (Phi) is 3.57. The van der Waals surface area contributed by atoms with E-state index in [1.165, 1.54) is 18.0 Å². The van der Waals surface area contributed by atoms with Gasteiger partial charge in [-0.25, -0.2) is 4.98 Å². The van der Waals surface area contributed by atoms with Crippen molar-refractivity contribution in [3.8, 4) is 5.75 Å². The van der Waals surface area contributed by atoms with Gasteiger partial charge in [-0.1, -0.05) is 30.0 Å². The first-order chi connectivity index (χ1) is 11.2. The minimum absolute atomic E-state index is 0.0896. The predicted molar refractivity (Wildman–Crippen MR) is 86.1 cm³/mol. The largest absolute Gasteiger partial charge is 0.488 e. The highest BCUT2D eigenvalue weighted by atomic mass is 32.2. The van der Waals surface area contributed by atoms with Gasteiger partial charge < -0.3 is 10.1 Å². The van der Waals surface area contributed by atoms with Crippen LogP contribution in [0.25, 0.3) is 0 Å². The van der Waals surface area contributed by atoms with Crippen LogP contribution in [0.4, 0.5) is 0 Å². The van der Waals surface area contributed by atoms with Crippen LogP contribution in [0.2, 0.25) is 0 Å². The number of nitrogens with zero attached hydrogens (tertiary/aromatic N) is 2. The van der Waals surface area contributed by atoms with Crippen molar-refractivity contribution in [3.63, 3.8) is 0 Å². The summed E-state index contributed by atoms with van der Waals surface area (Å²) in [5, 5.41) is 3.47. The summed E-state index contributed by atoms with van der Waals surface area (Å²) in [7, 11) is 0. The van der Waals surface area contributed by atoms with Crippen LogP contribution in [-0.4, -0.2) is 33.9 Å². The van der Waals surface area contributed by atoms with Gasteiger partial charge in [0.2, 0.25) is 0 Å². The first-order valence-corrected chi connectivity index (χ1v) is 8.46. The molecule has 1 atom stereocenters. The second kappa shape index (κ2) is 5.73. The fourth-order valence-electron chi connectivity index (χ4n) is 2.84. The molecule has 6 nitrogen and oxygen atoms in total. The molecule has 0 aliphatic carbocycles. The third kappa shape index (κ3) is 2.61. The van der Waals surface area contributed by atoms with Gasteiger partial charge in [0.15, 0.2) is 5.16 Å². The van der Waals surface area contributed by atoms with Crippen LogP contribution in [0.3, 0.4) is 0 Å². The molecule has 4 rings (SSSR count). The summed E-state index contributed by atoms with van der Waals surface area (Å²) in [6.45, 7) is 0.970. The molecule has 0 bridgehead atoms. The molecule has 0 fully saturated rings. The molecule has 23 heavy (non-hydrogen) atoms. The Morgan fingerprint density at radius 2 is 2.30 bits per heavy atom. The van der Waals surface area contributed by atoms with Gasteiger partial charge in [0, 0.05) is 24.9 Å². The van der Waals surface area contributed by atoms with Crippen molar-refractivity contribution in [2.75, 3.05) is 12.3 Å². The number of fused-ring (bicyclic) bond motifs is 2. The Labute approximate surface area is 136 Å². The minimum Gasteiger partial charge on any atom is -0.488 e. The number of hydrogen-bond donors (Lipinski definition) is 1. The highest BCUT2D eigenvalue weighted by Gasteiger charge is 2.24. The lowest BCUT2D eigenvalue weighted by atomic mass is 10.1. The zero-order valence-corrected chi connectivity index (χ0v) is 13.1. The Bertz CT molecular complexity index is 809. The summed E-state index contributed by atoms with van der Waals surface area (Å²) < 4.78 is 7.34. The summed E-state index contributed by atoms with van der Waals surface area (Å²) in [6, 6.07) is 7.84. The highest BCUT2D eigenvalue weighted by molar-refractivity contribution is 7.99. The molecule has 2 aromatic rings. The van der Waals surface area contributed by atoms with Crippen LogP contribution >= 0.6 is 11.8 Å². The van der Waals surface area contributed by atoms with Crippen molar-refractivity contribution in [3.05, 3.63) is 51.9 Å². The molecule has 0 saturated carbocycles. The maximum absolute atomic E-state index is 12.3. The number of aromatic nitrogens is 2. The number of rotatable bonds is 3. The SMILES string of the molecule is O=C(NCC1Cc2ccccc2O1)c1cnc2n(c1=O)CCS2. The second-order valence-electron chi connectivity index (χ2n) is 5.52. The molecule has 2 aliphatic rings. The van der Waals surface area contributed by atoms with Crippen molar-refractivity contribution >= 4 is 17.7 Å². The van der Waals surface area contributed by atoms with Crippen LogP contribution < -0.4 is 15.6 Å². The summed E-state index contributed by atoms with van der Waals surface area (Å²) in [4.78, 5) is 28.7. The van der Waals surface area contributed by atoms with Crippen molar-refractivity contribution in [1.29, 1.82) is 0 Å². The Hall–Kier alpha value is -2.28. The van der Waals surface area contributed by atoms with E-state index in [0.29, 0.717) is 18.2 Å². The second-order valence-corrected chi connectivity index (χ2v) is 6.58. The lowest BCUT2D eigenvalue weighted by Gasteiger charge is -2.12. The van der Waals surface area contributed by atoms with E-state index in [9.17, 15) is 9.59 Å². The molecule has 1 aromatic carbocycles. The van der Waals surface area contributed by atoms with E-state index in [2.05, 4.69) is 10.3 Å². The summed E-state index contributed by atoms with van der Waals surface area (Å²) in [6.07, 6.45) is 2.03. The van der Waals surface area contributed by atoms with Crippen LogP contribution in [0, 0.1) is 0 Å². The predicted octanol–water partition coefficient (Wildman–Crippen LogP) is 1.08. The highest BCUT2D eigenvalue weighted by Crippen LogP contribution is 2.27. The molecular weight excluding hydrogens is 314 g/mol. The maximum atomic E-state index is 12.3. The number of thioether (sulfide) groups is 1. The van der Waals surface area contributed by atoms with Gasteiger partial charge >= 0.3 is 0 Å². The lowest BCUT2D eigenvalue weighted by Crippen LogP contribution is -2.38. The zero-order chi connectivity index (χ0) is 15.8. The van der Waals surface area contributed by atoms with E-state index in [-0.39, 0.29) is 17.2 Å². The standard InChI is InChI=1S/C16H15N3O3S/c20-14(12-9-18-16-19(15(12)21)5-6-23-16)17-8-11-7-10-3-1-2-4-13(10)22-11/h1-4,9,11H,5-8H2,(H,17,20). The van der Waals surface area contributed by atoms with E-state index in [1.807, 2.05) is 24.3 Å². The van der Waals surface area contributed by atoms with Gasteiger partial charge in [-0.15, -0.1) is 0 Å². The van der Waals surface area contributed by atoms with Gasteiger partial charge in [0.1, 0.15) is 17.4 Å². The number of benzene rings is 1. The molecule has 1 N–H and O–H groups in total. The molecule has 1 aromatic heterocycles. The molecule has 2 aliphatic heterocycles. The van der Waals surface area contributed by atoms with Gasteiger partial charge in [0.05, 0.1) is 6.54 Å². The van der Waals surface area contributed by atoms with E-state index in [0.717, 1.165) is 23.5 Å². The number of para-hydroxylation sites is 1. The quantitative estimate of drug-likeness (QED) is 0.853. The molecule has 3 heterocycles. The Morgan fingerprint density at radius 3 is 3.17 bits per heavy atom. The fourth-order valence-corrected chi connectivity index (χ4v) is 3.76. The summed E-state index contributed by atoms with van der Waals surface area (Å²) >= 11 is 1.53. The van der Waals surface area contributed by atoms with Crippen molar-refractivity contribution < 1.29 is 9.53 Å². The van der Waals surface area contributed by atoms with Crippen molar-refractivity contribution in [2.45, 2.75) is 24.2 Å². The fraction of sp³-hybridized carbons (Fsp3) is 0.312. The molecular formula is C16H15N3O3S. The van der Waals surface area contributed by atoms with Crippen LogP contribution in [0.1, 0.15) is 15.9 Å². The number of carbonyl (C=O) groups excluding carboxylic acids is 1.